The van der Waals surface area contributed by atoms with E-state index in [9.17, 15) is 0 Å². The Balaban J connectivity index is 2.55. The van der Waals surface area contributed by atoms with Crippen molar-refractivity contribution in [3.8, 4) is 5.75 Å². The number of aryl methyl sites for hydroxylation is 1. The van der Waals surface area contributed by atoms with E-state index in [-0.39, 0.29) is 6.10 Å². The topological polar surface area (TPSA) is 44.5 Å². The van der Waals surface area contributed by atoms with E-state index in [0.29, 0.717) is 24.8 Å². The van der Waals surface area contributed by atoms with E-state index in [0.717, 1.165) is 11.3 Å². The van der Waals surface area contributed by atoms with E-state index in [2.05, 4.69) is 0 Å². The van der Waals surface area contributed by atoms with Crippen LogP contribution in [-0.2, 0) is 4.74 Å². The van der Waals surface area contributed by atoms with Crippen LogP contribution in [0, 0.1) is 6.92 Å². The van der Waals surface area contributed by atoms with Crippen LogP contribution >= 0.6 is 11.6 Å². The number of rotatable bonds is 6. The summed E-state index contributed by atoms with van der Waals surface area (Å²) in [5, 5.41) is 0.668. The maximum atomic E-state index is 5.89. The van der Waals surface area contributed by atoms with Crippen LogP contribution in [0.4, 0.5) is 0 Å². The fourth-order valence-corrected chi connectivity index (χ4v) is 1.49. The Morgan fingerprint density at radius 2 is 2.19 bits per heavy atom. The molecule has 1 atom stereocenters. The van der Waals surface area contributed by atoms with Crippen molar-refractivity contribution in [1.29, 1.82) is 0 Å². The van der Waals surface area contributed by atoms with E-state index in [1.54, 1.807) is 6.07 Å². The molecular formula is C12H18ClNO2. The van der Waals surface area contributed by atoms with Crippen LogP contribution in [-0.4, -0.2) is 25.9 Å². The Morgan fingerprint density at radius 3 is 2.81 bits per heavy atom. The van der Waals surface area contributed by atoms with Gasteiger partial charge in [-0.25, -0.2) is 0 Å². The molecule has 0 saturated heterocycles. The molecule has 0 aliphatic heterocycles. The van der Waals surface area contributed by atoms with Gasteiger partial charge < -0.3 is 15.2 Å². The van der Waals surface area contributed by atoms with Gasteiger partial charge >= 0.3 is 0 Å². The van der Waals surface area contributed by atoms with Gasteiger partial charge in [-0.1, -0.05) is 17.7 Å². The summed E-state index contributed by atoms with van der Waals surface area (Å²) >= 11 is 5.89. The van der Waals surface area contributed by atoms with Gasteiger partial charge in [0.2, 0.25) is 0 Å². The van der Waals surface area contributed by atoms with Gasteiger partial charge in [-0.05, 0) is 31.5 Å². The number of ether oxygens (including phenoxy) is 2. The van der Waals surface area contributed by atoms with Gasteiger partial charge in [0.25, 0.3) is 0 Å². The van der Waals surface area contributed by atoms with Crippen molar-refractivity contribution in [3.05, 3.63) is 28.8 Å². The zero-order chi connectivity index (χ0) is 12.0. The van der Waals surface area contributed by atoms with E-state index < -0.39 is 0 Å². The standard InChI is InChI=1S/C12H18ClNO2/c1-3-15-11(7-14)8-16-12-6-10(13)5-4-9(12)2/h4-6,11H,3,7-8,14H2,1-2H3. The first-order valence-corrected chi connectivity index (χ1v) is 5.75. The minimum absolute atomic E-state index is 0.0663. The van der Waals surface area contributed by atoms with Gasteiger partial charge in [-0.15, -0.1) is 0 Å². The fourth-order valence-electron chi connectivity index (χ4n) is 1.33. The second-order valence-electron chi connectivity index (χ2n) is 3.53. The summed E-state index contributed by atoms with van der Waals surface area (Å²) in [6, 6.07) is 5.57. The molecule has 3 nitrogen and oxygen atoms in total. The molecular weight excluding hydrogens is 226 g/mol. The zero-order valence-corrected chi connectivity index (χ0v) is 10.5. The van der Waals surface area contributed by atoms with E-state index in [4.69, 9.17) is 26.8 Å². The summed E-state index contributed by atoms with van der Waals surface area (Å²) in [4.78, 5) is 0. The number of halogens is 1. The Labute approximate surface area is 101 Å². The molecule has 0 aliphatic rings. The molecule has 0 amide bonds. The number of benzene rings is 1. The third-order valence-electron chi connectivity index (χ3n) is 2.24. The highest BCUT2D eigenvalue weighted by atomic mass is 35.5. The highest BCUT2D eigenvalue weighted by Crippen LogP contribution is 2.22. The predicted octanol–water partition coefficient (Wildman–Crippen LogP) is 2.39. The predicted molar refractivity (Wildman–Crippen MR) is 66.2 cm³/mol. The van der Waals surface area contributed by atoms with E-state index in [1.807, 2.05) is 26.0 Å². The van der Waals surface area contributed by atoms with Crippen molar-refractivity contribution in [2.24, 2.45) is 5.73 Å². The molecule has 0 fully saturated rings. The van der Waals surface area contributed by atoms with Crippen LogP contribution in [0.2, 0.25) is 5.02 Å². The number of hydrogen-bond acceptors (Lipinski definition) is 3. The van der Waals surface area contributed by atoms with E-state index in [1.165, 1.54) is 0 Å². The zero-order valence-electron chi connectivity index (χ0n) is 9.70. The molecule has 1 unspecified atom stereocenters. The summed E-state index contributed by atoms with van der Waals surface area (Å²) in [5.41, 5.74) is 6.61. The molecule has 16 heavy (non-hydrogen) atoms. The van der Waals surface area contributed by atoms with Crippen LogP contribution in [0.3, 0.4) is 0 Å². The number of nitrogens with two attached hydrogens (primary N) is 1. The van der Waals surface area contributed by atoms with Gasteiger partial charge in [-0.3, -0.25) is 0 Å². The van der Waals surface area contributed by atoms with Crippen LogP contribution in [0.5, 0.6) is 5.75 Å². The second kappa shape index (κ2) is 6.74. The van der Waals surface area contributed by atoms with Crippen molar-refractivity contribution in [2.45, 2.75) is 20.0 Å². The molecule has 0 bridgehead atoms. The summed E-state index contributed by atoms with van der Waals surface area (Å²) in [6.07, 6.45) is -0.0663. The highest BCUT2D eigenvalue weighted by molar-refractivity contribution is 6.30. The molecule has 1 rings (SSSR count). The lowest BCUT2D eigenvalue weighted by atomic mass is 10.2. The summed E-state index contributed by atoms with van der Waals surface area (Å²) in [7, 11) is 0. The monoisotopic (exact) mass is 243 g/mol. The molecule has 1 aromatic rings. The fraction of sp³-hybridized carbons (Fsp3) is 0.500. The second-order valence-corrected chi connectivity index (χ2v) is 3.97. The Kier molecular flexibility index (Phi) is 5.60. The molecule has 4 heteroatoms. The third kappa shape index (κ3) is 4.00. The van der Waals surface area contributed by atoms with Crippen molar-refractivity contribution >= 4 is 11.6 Å². The SMILES string of the molecule is CCOC(CN)COc1cc(Cl)ccc1C. The minimum Gasteiger partial charge on any atom is -0.491 e. The molecule has 0 aliphatic carbocycles. The lowest BCUT2D eigenvalue weighted by Crippen LogP contribution is -2.30. The maximum absolute atomic E-state index is 5.89. The molecule has 2 N–H and O–H groups in total. The first kappa shape index (κ1) is 13.3. The van der Waals surface area contributed by atoms with Crippen molar-refractivity contribution < 1.29 is 9.47 Å². The highest BCUT2D eigenvalue weighted by Gasteiger charge is 2.08. The van der Waals surface area contributed by atoms with Crippen LogP contribution in [0.25, 0.3) is 0 Å². The van der Waals surface area contributed by atoms with Gasteiger partial charge in [0.1, 0.15) is 18.5 Å². The van der Waals surface area contributed by atoms with Crippen LogP contribution in [0.15, 0.2) is 18.2 Å². The Hall–Kier alpha value is -0.770. The first-order valence-electron chi connectivity index (χ1n) is 5.38. The van der Waals surface area contributed by atoms with Crippen molar-refractivity contribution in [1.82, 2.24) is 0 Å². The van der Waals surface area contributed by atoms with Crippen molar-refractivity contribution in [3.63, 3.8) is 0 Å². The largest absolute Gasteiger partial charge is 0.491 e. The lowest BCUT2D eigenvalue weighted by Gasteiger charge is -2.16. The molecule has 1 aromatic carbocycles. The van der Waals surface area contributed by atoms with Crippen LogP contribution < -0.4 is 10.5 Å². The van der Waals surface area contributed by atoms with Gasteiger partial charge in [0, 0.05) is 18.2 Å². The Morgan fingerprint density at radius 1 is 1.44 bits per heavy atom. The average molecular weight is 244 g/mol. The Bertz CT molecular complexity index is 331. The molecule has 0 radical (unpaired) electrons. The lowest BCUT2D eigenvalue weighted by molar-refractivity contribution is 0.0335. The number of hydrogen-bond donors (Lipinski definition) is 1. The minimum atomic E-state index is -0.0663. The van der Waals surface area contributed by atoms with Gasteiger partial charge in [0.15, 0.2) is 0 Å². The van der Waals surface area contributed by atoms with Crippen LogP contribution in [0.1, 0.15) is 12.5 Å². The molecule has 0 spiro atoms. The molecule has 0 aromatic heterocycles. The smallest absolute Gasteiger partial charge is 0.123 e. The normalized spacial score (nSPS) is 12.5. The van der Waals surface area contributed by atoms with Crippen molar-refractivity contribution in [2.75, 3.05) is 19.8 Å². The first-order chi connectivity index (χ1) is 7.67. The maximum Gasteiger partial charge on any atom is 0.123 e. The van der Waals surface area contributed by atoms with E-state index >= 15 is 0 Å². The average Bonchev–Trinajstić information content (AvgIpc) is 2.28. The molecule has 0 heterocycles. The van der Waals surface area contributed by atoms with Gasteiger partial charge in [0.05, 0.1) is 0 Å². The summed E-state index contributed by atoms with van der Waals surface area (Å²) in [5.74, 6) is 0.783. The summed E-state index contributed by atoms with van der Waals surface area (Å²) in [6.45, 7) is 5.45. The quantitative estimate of drug-likeness (QED) is 0.835. The van der Waals surface area contributed by atoms with Gasteiger partial charge in [-0.2, -0.15) is 0 Å². The third-order valence-corrected chi connectivity index (χ3v) is 2.48. The molecule has 90 valence electrons. The molecule has 0 saturated carbocycles. The summed E-state index contributed by atoms with van der Waals surface area (Å²) < 4.78 is 11.0.